The number of H-pyrrole nitrogens is 1. The zero-order valence-corrected chi connectivity index (χ0v) is 12.3. The number of fused-ring (bicyclic) bond motifs is 2. The molecule has 4 aromatic rings. The van der Waals surface area contributed by atoms with Crippen LogP contribution in [0.5, 0.6) is 0 Å². The first-order valence-electron chi connectivity index (χ1n) is 7.11. The Hall–Kier alpha value is -3.29. The fourth-order valence-electron chi connectivity index (χ4n) is 2.34. The van der Waals surface area contributed by atoms with Crippen LogP contribution in [-0.4, -0.2) is 35.5 Å². The number of aromatic nitrogens is 6. The van der Waals surface area contributed by atoms with Crippen molar-refractivity contribution >= 4 is 22.7 Å². The second-order valence-corrected chi connectivity index (χ2v) is 5.12. The van der Waals surface area contributed by atoms with Gasteiger partial charge in [0.2, 0.25) is 5.82 Å². The van der Waals surface area contributed by atoms with E-state index >= 15 is 0 Å². The Morgan fingerprint density at radius 1 is 1.26 bits per heavy atom. The highest BCUT2D eigenvalue weighted by molar-refractivity contribution is 5.90. The molecule has 8 nitrogen and oxygen atoms in total. The second-order valence-electron chi connectivity index (χ2n) is 5.12. The van der Waals surface area contributed by atoms with Crippen LogP contribution in [-0.2, 0) is 6.54 Å². The lowest BCUT2D eigenvalue weighted by Crippen LogP contribution is -2.24. The molecule has 0 fully saturated rings. The van der Waals surface area contributed by atoms with Crippen molar-refractivity contribution in [3.05, 3.63) is 53.9 Å². The fraction of sp³-hybridized carbons (Fsp3) is 0.133. The molecule has 3 aromatic heterocycles. The topological polar surface area (TPSA) is 101 Å². The minimum absolute atomic E-state index is 0.0860. The maximum atomic E-state index is 12.2. The lowest BCUT2D eigenvalue weighted by molar-refractivity contribution is 0.0940. The Morgan fingerprint density at radius 3 is 2.96 bits per heavy atom. The molecule has 114 valence electrons. The summed E-state index contributed by atoms with van der Waals surface area (Å²) in [4.78, 5) is 28.0. The van der Waals surface area contributed by atoms with E-state index in [4.69, 9.17) is 0 Å². The van der Waals surface area contributed by atoms with Gasteiger partial charge in [0.05, 0.1) is 17.6 Å². The van der Waals surface area contributed by atoms with Gasteiger partial charge in [-0.05, 0) is 25.1 Å². The molecule has 8 heteroatoms. The Balaban J connectivity index is 1.53. The third-order valence-electron chi connectivity index (χ3n) is 3.49. The van der Waals surface area contributed by atoms with Gasteiger partial charge in [-0.1, -0.05) is 12.1 Å². The summed E-state index contributed by atoms with van der Waals surface area (Å²) < 4.78 is 1.54. The second kappa shape index (κ2) is 5.16. The molecule has 0 bridgehead atoms. The lowest BCUT2D eigenvalue weighted by Gasteiger charge is -1.98. The third-order valence-corrected chi connectivity index (χ3v) is 3.49. The maximum absolute atomic E-state index is 12.2. The minimum Gasteiger partial charge on any atom is -0.342 e. The van der Waals surface area contributed by atoms with Crippen LogP contribution < -0.4 is 5.32 Å². The molecule has 0 unspecified atom stereocenters. The van der Waals surface area contributed by atoms with Crippen LogP contribution in [0.25, 0.3) is 16.8 Å². The van der Waals surface area contributed by atoms with E-state index in [1.165, 1.54) is 4.52 Å². The molecule has 2 N–H and O–H groups in total. The number of nitrogens with zero attached hydrogens (tertiary/aromatic N) is 5. The number of carbonyl (C=O) groups is 1. The first-order chi connectivity index (χ1) is 11.2. The van der Waals surface area contributed by atoms with Crippen LogP contribution in [0, 0.1) is 6.92 Å². The number of nitrogens with one attached hydrogen (secondary N) is 2. The summed E-state index contributed by atoms with van der Waals surface area (Å²) in [5, 5.41) is 6.93. The average Bonchev–Trinajstić information content (AvgIpc) is 3.17. The molecule has 0 saturated carbocycles. The molecule has 0 atom stereocenters. The average molecular weight is 307 g/mol. The predicted molar refractivity (Wildman–Crippen MR) is 82.8 cm³/mol. The Labute approximate surface area is 130 Å². The normalized spacial score (nSPS) is 11.2. The van der Waals surface area contributed by atoms with E-state index in [0.717, 1.165) is 16.7 Å². The summed E-state index contributed by atoms with van der Waals surface area (Å²) in [6.07, 6.45) is 1.63. The Kier molecular flexibility index (Phi) is 3.00. The number of aromatic amines is 1. The van der Waals surface area contributed by atoms with Crippen LogP contribution >= 0.6 is 0 Å². The number of hydrogen-bond acceptors (Lipinski definition) is 5. The number of aryl methyl sites for hydroxylation is 1. The Bertz CT molecular complexity index is 984. The van der Waals surface area contributed by atoms with Gasteiger partial charge in [0, 0.05) is 11.9 Å². The minimum atomic E-state index is -0.365. The first-order valence-corrected chi connectivity index (χ1v) is 7.11. The molecule has 0 saturated heterocycles. The smallest absolute Gasteiger partial charge is 0.291 e. The molecular formula is C15H13N7O. The van der Waals surface area contributed by atoms with Crippen molar-refractivity contribution < 1.29 is 4.79 Å². The molecule has 3 heterocycles. The summed E-state index contributed by atoms with van der Waals surface area (Å²) in [5.74, 6) is 0.801. The number of imidazole rings is 1. The number of benzene rings is 1. The summed E-state index contributed by atoms with van der Waals surface area (Å²) in [5.41, 5.74) is 2.66. The quantitative estimate of drug-likeness (QED) is 0.593. The standard InChI is InChI=1S/C15H13N7O/c1-9-6-7-16-15-20-13(21-22(9)15)14(23)17-8-12-18-10-4-2-3-5-11(10)19-12/h2-7H,8H2,1H3,(H,17,23)(H,18,19). The molecule has 0 aliphatic heterocycles. The SMILES string of the molecule is Cc1ccnc2nc(C(=O)NCc3nc4ccccc4[nH]3)nn12. The van der Waals surface area contributed by atoms with Gasteiger partial charge >= 0.3 is 0 Å². The maximum Gasteiger partial charge on any atom is 0.291 e. The molecular weight excluding hydrogens is 294 g/mol. The molecule has 0 aliphatic carbocycles. The van der Waals surface area contributed by atoms with Crippen LogP contribution in [0.3, 0.4) is 0 Å². The van der Waals surface area contributed by atoms with Crippen molar-refractivity contribution in [1.29, 1.82) is 0 Å². The van der Waals surface area contributed by atoms with E-state index in [9.17, 15) is 4.79 Å². The molecule has 1 aromatic carbocycles. The number of amides is 1. The molecule has 4 rings (SSSR count). The number of carbonyl (C=O) groups excluding carboxylic acids is 1. The fourth-order valence-corrected chi connectivity index (χ4v) is 2.34. The molecule has 1 amide bonds. The molecule has 0 radical (unpaired) electrons. The van der Waals surface area contributed by atoms with Gasteiger partial charge in [0.25, 0.3) is 11.7 Å². The summed E-state index contributed by atoms with van der Waals surface area (Å²) >= 11 is 0. The summed E-state index contributed by atoms with van der Waals surface area (Å²) in [6, 6.07) is 9.50. The van der Waals surface area contributed by atoms with E-state index in [1.54, 1.807) is 12.3 Å². The van der Waals surface area contributed by atoms with E-state index in [0.29, 0.717) is 11.6 Å². The van der Waals surface area contributed by atoms with Crippen molar-refractivity contribution in [2.45, 2.75) is 13.5 Å². The van der Waals surface area contributed by atoms with Crippen molar-refractivity contribution in [3.8, 4) is 0 Å². The van der Waals surface area contributed by atoms with Crippen molar-refractivity contribution in [2.24, 2.45) is 0 Å². The van der Waals surface area contributed by atoms with Gasteiger partial charge < -0.3 is 10.3 Å². The summed E-state index contributed by atoms with van der Waals surface area (Å²) in [6.45, 7) is 2.15. The highest BCUT2D eigenvalue weighted by Crippen LogP contribution is 2.10. The van der Waals surface area contributed by atoms with E-state index in [2.05, 4.69) is 30.4 Å². The third kappa shape index (κ3) is 2.39. The molecule has 0 aliphatic rings. The first kappa shape index (κ1) is 13.4. The molecule has 23 heavy (non-hydrogen) atoms. The number of hydrogen-bond donors (Lipinski definition) is 2. The van der Waals surface area contributed by atoms with Crippen LogP contribution in [0.2, 0.25) is 0 Å². The van der Waals surface area contributed by atoms with Gasteiger partial charge in [0.1, 0.15) is 5.82 Å². The highest BCUT2D eigenvalue weighted by Gasteiger charge is 2.14. The lowest BCUT2D eigenvalue weighted by atomic mass is 10.3. The van der Waals surface area contributed by atoms with Gasteiger partial charge in [-0.3, -0.25) is 4.79 Å². The van der Waals surface area contributed by atoms with Crippen molar-refractivity contribution in [1.82, 2.24) is 34.9 Å². The van der Waals surface area contributed by atoms with Crippen molar-refractivity contribution in [2.75, 3.05) is 0 Å². The van der Waals surface area contributed by atoms with Gasteiger partial charge in [-0.15, -0.1) is 5.10 Å². The number of para-hydroxylation sites is 2. The molecule has 0 spiro atoms. The van der Waals surface area contributed by atoms with Crippen LogP contribution in [0.15, 0.2) is 36.5 Å². The largest absolute Gasteiger partial charge is 0.342 e. The van der Waals surface area contributed by atoms with Gasteiger partial charge in [-0.25, -0.2) is 14.5 Å². The Morgan fingerprint density at radius 2 is 2.13 bits per heavy atom. The number of rotatable bonds is 3. The summed E-state index contributed by atoms with van der Waals surface area (Å²) in [7, 11) is 0. The van der Waals surface area contributed by atoms with E-state index in [1.807, 2.05) is 31.2 Å². The van der Waals surface area contributed by atoms with E-state index in [-0.39, 0.29) is 18.3 Å². The van der Waals surface area contributed by atoms with Crippen LogP contribution in [0.4, 0.5) is 0 Å². The zero-order valence-electron chi connectivity index (χ0n) is 12.3. The highest BCUT2D eigenvalue weighted by atomic mass is 16.2. The van der Waals surface area contributed by atoms with Gasteiger partial charge in [0.15, 0.2) is 0 Å². The predicted octanol–water partition coefficient (Wildman–Crippen LogP) is 1.24. The van der Waals surface area contributed by atoms with Crippen LogP contribution in [0.1, 0.15) is 22.1 Å². The van der Waals surface area contributed by atoms with E-state index < -0.39 is 0 Å². The van der Waals surface area contributed by atoms with Crippen molar-refractivity contribution in [3.63, 3.8) is 0 Å². The zero-order chi connectivity index (χ0) is 15.8. The monoisotopic (exact) mass is 307 g/mol. The van der Waals surface area contributed by atoms with Gasteiger partial charge in [-0.2, -0.15) is 4.98 Å².